The summed E-state index contributed by atoms with van der Waals surface area (Å²) in [4.78, 5) is 22.4. The van der Waals surface area contributed by atoms with E-state index >= 15 is 0 Å². The van der Waals surface area contributed by atoms with E-state index in [-0.39, 0.29) is 12.2 Å². The van der Waals surface area contributed by atoms with Crippen molar-refractivity contribution in [2.24, 2.45) is 0 Å². The van der Waals surface area contributed by atoms with E-state index in [4.69, 9.17) is 10.5 Å². The number of esters is 1. The van der Waals surface area contributed by atoms with Gasteiger partial charge in [-0.25, -0.2) is 4.68 Å². The first-order chi connectivity index (χ1) is 6.56. The lowest BCUT2D eigenvalue weighted by Crippen LogP contribution is -2.24. The number of carbonyl (C=O) groups excluding carboxylic acids is 1. The molecule has 0 saturated heterocycles. The molecule has 0 aliphatic rings. The van der Waals surface area contributed by atoms with Gasteiger partial charge in [0.15, 0.2) is 0 Å². The molecule has 0 spiro atoms. The van der Waals surface area contributed by atoms with Crippen molar-refractivity contribution in [2.45, 2.75) is 20.4 Å². The Balaban J connectivity index is 2.83. The normalized spacial score (nSPS) is 10.1. The Morgan fingerprint density at radius 1 is 1.64 bits per heavy atom. The topological polar surface area (TPSA) is 90.1 Å². The van der Waals surface area contributed by atoms with Crippen molar-refractivity contribution in [3.05, 3.63) is 16.0 Å². The molecule has 0 bridgehead atoms. The van der Waals surface area contributed by atoms with Crippen LogP contribution in [0.2, 0.25) is 0 Å². The highest BCUT2D eigenvalue weighted by Gasteiger charge is 2.10. The molecule has 3 N–H and O–H groups in total. The van der Waals surface area contributed by atoms with Crippen molar-refractivity contribution >= 4 is 11.7 Å². The van der Waals surface area contributed by atoms with Crippen LogP contribution in [0.3, 0.4) is 0 Å². The molecular weight excluding hydrogens is 186 g/mol. The van der Waals surface area contributed by atoms with Crippen molar-refractivity contribution < 1.29 is 9.53 Å². The molecule has 0 atom stereocenters. The van der Waals surface area contributed by atoms with Gasteiger partial charge in [-0.3, -0.25) is 14.7 Å². The summed E-state index contributed by atoms with van der Waals surface area (Å²) in [5.41, 5.74) is 5.73. The lowest BCUT2D eigenvalue weighted by molar-refractivity contribution is -0.144. The van der Waals surface area contributed by atoms with Crippen LogP contribution in [-0.4, -0.2) is 22.4 Å². The highest BCUT2D eigenvalue weighted by molar-refractivity contribution is 5.69. The Morgan fingerprint density at radius 3 is 2.71 bits per heavy atom. The number of nitrogens with zero attached hydrogens (tertiary/aromatic N) is 1. The van der Waals surface area contributed by atoms with Crippen LogP contribution >= 0.6 is 0 Å². The fourth-order valence-electron chi connectivity index (χ4n) is 1.07. The first kappa shape index (κ1) is 10.4. The predicted octanol–water partition coefficient (Wildman–Crippen LogP) is -0.370. The number of ether oxygens (including phenoxy) is 1. The molecule has 6 nitrogen and oxygen atoms in total. The average molecular weight is 199 g/mol. The zero-order valence-corrected chi connectivity index (χ0v) is 8.16. The van der Waals surface area contributed by atoms with Crippen LogP contribution in [0, 0.1) is 6.92 Å². The van der Waals surface area contributed by atoms with E-state index < -0.39 is 11.5 Å². The maximum atomic E-state index is 11.3. The van der Waals surface area contributed by atoms with Gasteiger partial charge in [-0.05, 0) is 13.8 Å². The van der Waals surface area contributed by atoms with Crippen molar-refractivity contribution in [1.29, 1.82) is 0 Å². The zero-order valence-electron chi connectivity index (χ0n) is 8.16. The van der Waals surface area contributed by atoms with E-state index in [1.807, 2.05) is 0 Å². The number of H-pyrrole nitrogens is 1. The molecule has 0 fully saturated rings. The molecule has 6 heteroatoms. The van der Waals surface area contributed by atoms with E-state index in [1.54, 1.807) is 13.8 Å². The Labute approximate surface area is 80.6 Å². The van der Waals surface area contributed by atoms with Crippen molar-refractivity contribution in [1.82, 2.24) is 9.78 Å². The molecule has 0 aromatic carbocycles. The van der Waals surface area contributed by atoms with E-state index in [1.165, 1.54) is 0 Å². The Morgan fingerprint density at radius 2 is 2.29 bits per heavy atom. The molecule has 0 radical (unpaired) electrons. The monoisotopic (exact) mass is 199 g/mol. The first-order valence-electron chi connectivity index (χ1n) is 4.26. The van der Waals surface area contributed by atoms with Gasteiger partial charge in [0.2, 0.25) is 0 Å². The summed E-state index contributed by atoms with van der Waals surface area (Å²) in [6.07, 6.45) is 0. The van der Waals surface area contributed by atoms with Crippen LogP contribution in [0.15, 0.2) is 4.79 Å². The maximum Gasteiger partial charge on any atom is 0.327 e. The van der Waals surface area contributed by atoms with Gasteiger partial charge in [-0.15, -0.1) is 0 Å². The second-order valence-corrected chi connectivity index (χ2v) is 2.85. The summed E-state index contributed by atoms with van der Waals surface area (Å²) in [7, 11) is 0. The lowest BCUT2D eigenvalue weighted by atomic mass is 10.4. The van der Waals surface area contributed by atoms with Crippen molar-refractivity contribution in [3.8, 4) is 0 Å². The van der Waals surface area contributed by atoms with Crippen LogP contribution in [0.25, 0.3) is 0 Å². The fraction of sp³-hybridized carbons (Fsp3) is 0.500. The molecule has 1 rings (SSSR count). The Bertz CT molecular complexity index is 391. The number of hydrogen-bond donors (Lipinski definition) is 2. The highest BCUT2D eigenvalue weighted by atomic mass is 16.5. The number of nitrogens with two attached hydrogens (primary N) is 1. The number of nitrogen functional groups attached to an aromatic ring is 1. The van der Waals surface area contributed by atoms with Gasteiger partial charge in [0, 0.05) is 0 Å². The molecule has 0 unspecified atom stereocenters. The van der Waals surface area contributed by atoms with Crippen molar-refractivity contribution in [2.75, 3.05) is 12.3 Å². The lowest BCUT2D eigenvalue weighted by Gasteiger charge is -2.01. The molecular formula is C8H13N3O3. The summed E-state index contributed by atoms with van der Waals surface area (Å²) in [6, 6.07) is 0. The van der Waals surface area contributed by atoms with Gasteiger partial charge in [0.1, 0.15) is 12.2 Å². The SMILES string of the molecule is CCOC(=O)Cn1[nH]c(C)c(N)c1=O. The number of carbonyl (C=O) groups is 1. The van der Waals surface area contributed by atoms with Crippen LogP contribution in [0.5, 0.6) is 0 Å². The summed E-state index contributed by atoms with van der Waals surface area (Å²) < 4.78 is 5.82. The first-order valence-corrected chi connectivity index (χ1v) is 4.26. The van der Waals surface area contributed by atoms with Gasteiger partial charge >= 0.3 is 5.97 Å². The predicted molar refractivity (Wildman–Crippen MR) is 50.8 cm³/mol. The van der Waals surface area contributed by atoms with Crippen LogP contribution in [-0.2, 0) is 16.1 Å². The molecule has 1 aromatic rings. The van der Waals surface area contributed by atoms with E-state index in [2.05, 4.69) is 5.10 Å². The second kappa shape index (κ2) is 3.99. The molecule has 1 heterocycles. The maximum absolute atomic E-state index is 11.3. The molecule has 0 aliphatic heterocycles. The number of anilines is 1. The summed E-state index contributed by atoms with van der Waals surface area (Å²) >= 11 is 0. The summed E-state index contributed by atoms with van der Waals surface area (Å²) in [5, 5.41) is 2.68. The molecule has 0 aliphatic carbocycles. The third-order valence-corrected chi connectivity index (χ3v) is 1.77. The Hall–Kier alpha value is -1.72. The largest absolute Gasteiger partial charge is 0.465 e. The van der Waals surface area contributed by atoms with Crippen molar-refractivity contribution in [3.63, 3.8) is 0 Å². The van der Waals surface area contributed by atoms with E-state index in [9.17, 15) is 9.59 Å². The average Bonchev–Trinajstić information content (AvgIpc) is 2.34. The zero-order chi connectivity index (χ0) is 10.7. The van der Waals surface area contributed by atoms with Gasteiger partial charge < -0.3 is 10.5 Å². The molecule has 78 valence electrons. The summed E-state index contributed by atoms with van der Waals surface area (Å²) in [6.45, 7) is 3.53. The summed E-state index contributed by atoms with van der Waals surface area (Å²) in [5.74, 6) is -0.462. The Kier molecular flexibility index (Phi) is 2.95. The van der Waals surface area contributed by atoms with E-state index in [0.717, 1.165) is 4.68 Å². The van der Waals surface area contributed by atoms with Gasteiger partial charge in [0.05, 0.1) is 12.3 Å². The molecule has 0 saturated carbocycles. The third-order valence-electron chi connectivity index (χ3n) is 1.77. The van der Waals surface area contributed by atoms with E-state index in [0.29, 0.717) is 12.3 Å². The third kappa shape index (κ3) is 1.95. The fourth-order valence-corrected chi connectivity index (χ4v) is 1.07. The van der Waals surface area contributed by atoms with Gasteiger partial charge in [-0.2, -0.15) is 0 Å². The second-order valence-electron chi connectivity index (χ2n) is 2.85. The standard InChI is InChI=1S/C8H13N3O3/c1-3-14-6(12)4-11-8(13)7(9)5(2)10-11/h10H,3-4,9H2,1-2H3. The molecule has 1 aromatic heterocycles. The quantitative estimate of drug-likeness (QED) is 0.650. The smallest absolute Gasteiger partial charge is 0.327 e. The number of aryl methyl sites for hydroxylation is 1. The minimum absolute atomic E-state index is 0.134. The van der Waals surface area contributed by atoms with Gasteiger partial charge in [0.25, 0.3) is 5.56 Å². The van der Waals surface area contributed by atoms with Crippen LogP contribution in [0.4, 0.5) is 5.69 Å². The highest BCUT2D eigenvalue weighted by Crippen LogP contribution is 1.99. The number of aromatic amines is 1. The van der Waals surface area contributed by atoms with Gasteiger partial charge in [-0.1, -0.05) is 0 Å². The van der Waals surface area contributed by atoms with Crippen LogP contribution in [0.1, 0.15) is 12.6 Å². The molecule has 14 heavy (non-hydrogen) atoms. The minimum atomic E-state index is -0.462. The number of nitrogens with one attached hydrogen (secondary N) is 1. The number of rotatable bonds is 3. The van der Waals surface area contributed by atoms with Crippen LogP contribution < -0.4 is 11.3 Å². The number of aromatic nitrogens is 2. The molecule has 0 amide bonds. The number of hydrogen-bond acceptors (Lipinski definition) is 4. The minimum Gasteiger partial charge on any atom is -0.465 e.